The first-order chi connectivity index (χ1) is 10.4. The molecule has 1 aliphatic heterocycles. The first-order valence-electron chi connectivity index (χ1n) is 6.46. The molecular weight excluding hydrogens is 324 g/mol. The molecule has 0 saturated carbocycles. The molecule has 1 saturated heterocycles. The minimum atomic E-state index is -3.83. The highest BCUT2D eigenvalue weighted by atomic mass is 16.7. The van der Waals surface area contributed by atoms with Gasteiger partial charge in [-0.15, -0.1) is 0 Å². The molecule has 12 heteroatoms. The van der Waals surface area contributed by atoms with E-state index in [0.717, 1.165) is 0 Å². The van der Waals surface area contributed by atoms with Gasteiger partial charge in [-0.2, -0.15) is 0 Å². The molecule has 0 aromatic heterocycles. The molecule has 1 fully saturated rings. The zero-order chi connectivity index (χ0) is 18.2. The lowest BCUT2D eigenvalue weighted by atomic mass is 9.77. The van der Waals surface area contributed by atoms with E-state index in [2.05, 4.69) is 4.74 Å². The van der Waals surface area contributed by atoms with Crippen LogP contribution in [0.25, 0.3) is 0 Å². The van der Waals surface area contributed by atoms with E-state index in [1.54, 1.807) is 0 Å². The van der Waals surface area contributed by atoms with Crippen LogP contribution in [0.2, 0.25) is 0 Å². The second-order valence-corrected chi connectivity index (χ2v) is 5.27. The number of hydrogen-bond donors (Lipinski definition) is 10. The molecule has 5 unspecified atom stereocenters. The van der Waals surface area contributed by atoms with Crippen LogP contribution in [-0.4, -0.2) is 118 Å². The monoisotopic (exact) mass is 344 g/mol. The van der Waals surface area contributed by atoms with Gasteiger partial charge in [0.05, 0.1) is 13.2 Å². The topological polar surface area (TPSA) is 229 Å². The first-order valence-corrected chi connectivity index (χ1v) is 6.46. The Morgan fingerprint density at radius 1 is 1.26 bits per heavy atom. The quantitative estimate of drug-likeness (QED) is 0.217. The van der Waals surface area contributed by atoms with Gasteiger partial charge in [-0.25, -0.2) is 4.79 Å². The molecule has 0 radical (unpaired) electrons. The third-order valence-corrected chi connectivity index (χ3v) is 3.80. The maximum atomic E-state index is 11.4. The highest BCUT2D eigenvalue weighted by Gasteiger charge is 2.69. The van der Waals surface area contributed by atoms with E-state index < -0.39 is 67.2 Å². The summed E-state index contributed by atoms with van der Waals surface area (Å²) < 4.78 is 4.52. The van der Waals surface area contributed by atoms with E-state index in [1.807, 2.05) is 0 Å². The first kappa shape index (κ1) is 20.1. The molecule has 0 spiro atoms. The molecule has 1 aliphatic rings. The Balaban J connectivity index is 3.30. The second-order valence-electron chi connectivity index (χ2n) is 5.27. The van der Waals surface area contributed by atoms with E-state index in [0.29, 0.717) is 0 Å². The molecule has 0 bridgehead atoms. The van der Waals surface area contributed by atoms with Gasteiger partial charge in [-0.1, -0.05) is 0 Å². The van der Waals surface area contributed by atoms with Crippen LogP contribution in [0, 0.1) is 0 Å². The minimum Gasteiger partial charge on any atom is -0.479 e. The van der Waals surface area contributed by atoms with Crippen molar-refractivity contribution >= 4 is 5.97 Å². The summed E-state index contributed by atoms with van der Waals surface area (Å²) in [6.45, 7) is -2.05. The average Bonchev–Trinajstić information content (AvgIpc) is 2.53. The van der Waals surface area contributed by atoms with Crippen molar-refractivity contribution < 1.29 is 60.6 Å². The number of carbonyl (C=O) groups is 1. The summed E-state index contributed by atoms with van der Waals surface area (Å²) in [6.07, 6.45) is -13.9. The van der Waals surface area contributed by atoms with Gasteiger partial charge >= 0.3 is 5.97 Å². The van der Waals surface area contributed by atoms with Crippen LogP contribution in [0.5, 0.6) is 0 Å². The fourth-order valence-electron chi connectivity index (χ4n) is 2.23. The number of ether oxygens (including phenoxy) is 1. The number of carboxylic acid groups (broad SMARTS) is 1. The van der Waals surface area contributed by atoms with Crippen molar-refractivity contribution in [2.75, 3.05) is 13.2 Å². The number of aliphatic hydroxyl groups excluding tert-OH is 7. The van der Waals surface area contributed by atoms with Crippen LogP contribution in [0.4, 0.5) is 0 Å². The normalized spacial score (nSPS) is 38.4. The van der Waals surface area contributed by atoms with Gasteiger partial charge < -0.3 is 55.8 Å². The fraction of sp³-hybridized carbons (Fsp3) is 0.909. The van der Waals surface area contributed by atoms with Gasteiger partial charge in [-0.3, -0.25) is 0 Å². The van der Waals surface area contributed by atoms with E-state index in [9.17, 15) is 45.6 Å². The van der Waals surface area contributed by atoms with Crippen molar-refractivity contribution in [3.05, 3.63) is 0 Å². The molecule has 12 nitrogen and oxygen atoms in total. The Kier molecular flexibility index (Phi) is 6.04. The summed E-state index contributed by atoms with van der Waals surface area (Å²) in [5.74, 6) is -5.92. The van der Waals surface area contributed by atoms with Gasteiger partial charge in [0, 0.05) is 0 Å². The molecule has 23 heavy (non-hydrogen) atoms. The number of hydrogen-bond acceptors (Lipinski definition) is 11. The number of aliphatic carboxylic acids is 1. The molecule has 10 N–H and O–H groups in total. The van der Waals surface area contributed by atoms with Gasteiger partial charge in [0.2, 0.25) is 11.4 Å². The fourth-order valence-corrected chi connectivity index (χ4v) is 2.23. The Hall–Kier alpha value is -0.930. The van der Waals surface area contributed by atoms with Gasteiger partial charge in [-0.05, 0) is 0 Å². The standard InChI is InChI=1S/C11H20O12/c12-1-3(13)5(15)7(17)10(21,9(19)20)11(22)8(18)6(16)4(14)2-23-11/h3-8,12-18,21-22H,1-2H2,(H,19,20)/t3?,4-,5?,6+,7?,8-,10?,11?/m1/s1. The minimum absolute atomic E-state index is 0.921. The molecule has 1 heterocycles. The number of aliphatic hydroxyl groups is 9. The maximum absolute atomic E-state index is 11.4. The van der Waals surface area contributed by atoms with Crippen molar-refractivity contribution in [1.29, 1.82) is 0 Å². The molecule has 0 amide bonds. The Morgan fingerprint density at radius 2 is 1.78 bits per heavy atom. The van der Waals surface area contributed by atoms with Gasteiger partial charge in [0.25, 0.3) is 0 Å². The summed E-state index contributed by atoms with van der Waals surface area (Å²) in [5.41, 5.74) is -3.83. The lowest BCUT2D eigenvalue weighted by Crippen LogP contribution is -2.78. The Bertz CT molecular complexity index is 431. The van der Waals surface area contributed by atoms with Crippen molar-refractivity contribution in [2.45, 2.75) is 48.0 Å². The van der Waals surface area contributed by atoms with E-state index in [4.69, 9.17) is 10.2 Å². The predicted octanol–water partition coefficient (Wildman–Crippen LogP) is -6.32. The maximum Gasteiger partial charge on any atom is 0.344 e. The molecule has 1 rings (SSSR count). The van der Waals surface area contributed by atoms with Gasteiger partial charge in [0.15, 0.2) is 0 Å². The number of carboxylic acids is 1. The predicted molar refractivity (Wildman–Crippen MR) is 66.6 cm³/mol. The van der Waals surface area contributed by atoms with Crippen molar-refractivity contribution in [2.24, 2.45) is 0 Å². The van der Waals surface area contributed by atoms with Crippen LogP contribution in [0.1, 0.15) is 0 Å². The SMILES string of the molecule is O=C(O)C(O)(C(O)C(O)C(O)CO)C1(O)OC[C@@H](O)[C@H](O)[C@H]1O. The summed E-state index contributed by atoms with van der Waals surface area (Å²) in [4.78, 5) is 11.4. The summed E-state index contributed by atoms with van der Waals surface area (Å²) in [7, 11) is 0. The van der Waals surface area contributed by atoms with Gasteiger partial charge in [0.1, 0.15) is 36.6 Å². The van der Waals surface area contributed by atoms with Crippen LogP contribution in [0.3, 0.4) is 0 Å². The highest BCUT2D eigenvalue weighted by molar-refractivity contribution is 5.80. The second kappa shape index (κ2) is 6.90. The largest absolute Gasteiger partial charge is 0.479 e. The molecule has 0 aromatic rings. The Labute approximate surface area is 129 Å². The Morgan fingerprint density at radius 3 is 2.22 bits per heavy atom. The summed E-state index contributed by atoms with van der Waals surface area (Å²) in [5, 5.41) is 95.5. The van der Waals surface area contributed by atoms with Crippen LogP contribution >= 0.6 is 0 Å². The van der Waals surface area contributed by atoms with Crippen LogP contribution in [0.15, 0.2) is 0 Å². The molecule has 0 aliphatic carbocycles. The summed E-state index contributed by atoms with van der Waals surface area (Å²) >= 11 is 0. The lowest BCUT2D eigenvalue weighted by Gasteiger charge is -2.50. The summed E-state index contributed by atoms with van der Waals surface area (Å²) in [6, 6.07) is 0. The van der Waals surface area contributed by atoms with E-state index in [1.165, 1.54) is 0 Å². The van der Waals surface area contributed by atoms with Crippen molar-refractivity contribution in [1.82, 2.24) is 0 Å². The average molecular weight is 344 g/mol. The van der Waals surface area contributed by atoms with Crippen LogP contribution < -0.4 is 0 Å². The highest BCUT2D eigenvalue weighted by Crippen LogP contribution is 2.37. The smallest absolute Gasteiger partial charge is 0.344 e. The molecule has 8 atom stereocenters. The van der Waals surface area contributed by atoms with Crippen LogP contribution in [-0.2, 0) is 9.53 Å². The zero-order valence-corrected chi connectivity index (χ0v) is 11.7. The number of rotatable bonds is 6. The van der Waals surface area contributed by atoms with E-state index in [-0.39, 0.29) is 0 Å². The third-order valence-electron chi connectivity index (χ3n) is 3.80. The lowest BCUT2D eigenvalue weighted by molar-refractivity contribution is -0.389. The van der Waals surface area contributed by atoms with Crippen molar-refractivity contribution in [3.8, 4) is 0 Å². The molecular formula is C11H20O12. The zero-order valence-electron chi connectivity index (χ0n) is 11.7. The molecule has 0 aromatic carbocycles. The van der Waals surface area contributed by atoms with E-state index >= 15 is 0 Å². The third kappa shape index (κ3) is 3.06. The van der Waals surface area contributed by atoms with Crippen molar-refractivity contribution in [3.63, 3.8) is 0 Å². The molecule has 136 valence electrons.